The molecule has 0 N–H and O–H groups in total. The molecule has 0 saturated heterocycles. The van der Waals surface area contributed by atoms with E-state index < -0.39 is 0 Å². The summed E-state index contributed by atoms with van der Waals surface area (Å²) in [6, 6.07) is 138. The lowest BCUT2D eigenvalue weighted by atomic mass is 9.99. The summed E-state index contributed by atoms with van der Waals surface area (Å²) in [4.78, 5) is 20.7. The van der Waals surface area contributed by atoms with E-state index in [0.29, 0.717) is 0 Å². The number of fused-ring (bicyclic) bond motifs is 60. The molecule has 16 heteroatoms. The maximum absolute atomic E-state index is 6.31. The number of benzene rings is 20. The fourth-order valence-electron chi connectivity index (χ4n) is 23.4. The Bertz CT molecular complexity index is 12000. The van der Waals surface area contributed by atoms with Crippen LogP contribution in [0.3, 0.4) is 0 Å². The molecule has 36 aromatic rings. The number of aromatic nitrogens is 8. The highest BCUT2D eigenvalue weighted by Gasteiger charge is 2.28. The highest BCUT2D eigenvalue weighted by molar-refractivity contribution is 7.27. The Morgan fingerprint density at radius 2 is 0.514 bits per heavy atom. The quantitative estimate of drug-likeness (QED) is 0.138. The van der Waals surface area contributed by atoms with Gasteiger partial charge < -0.3 is 17.7 Å². The van der Waals surface area contributed by atoms with Crippen molar-refractivity contribution in [1.82, 2.24) is 37.5 Å². The molecule has 0 bridgehead atoms. The van der Waals surface area contributed by atoms with E-state index in [1.165, 1.54) is 145 Å². The second kappa shape index (κ2) is 28.0. The van der Waals surface area contributed by atoms with E-state index in [-0.39, 0.29) is 0 Å². The van der Waals surface area contributed by atoms with Gasteiger partial charge >= 0.3 is 0 Å². The molecule has 0 fully saturated rings. The Labute approximate surface area is 804 Å². The maximum Gasteiger partial charge on any atom is 0.147 e. The summed E-state index contributed by atoms with van der Waals surface area (Å²) in [6.45, 7) is 0. The predicted octanol–water partition coefficient (Wildman–Crippen LogP) is 36.2. The molecule has 0 spiro atoms. The van der Waals surface area contributed by atoms with E-state index in [1.807, 2.05) is 87.8 Å². The van der Waals surface area contributed by atoms with Crippen LogP contribution in [0.5, 0.6) is 0 Å². The minimum absolute atomic E-state index is 0.902. The van der Waals surface area contributed by atoms with Crippen molar-refractivity contribution in [3.63, 3.8) is 0 Å². The van der Waals surface area contributed by atoms with Gasteiger partial charge in [-0.1, -0.05) is 212 Å². The third-order valence-electron chi connectivity index (χ3n) is 29.4. The second-order valence-corrected chi connectivity index (χ2v) is 41.0. The van der Waals surface area contributed by atoms with Gasteiger partial charge in [0.15, 0.2) is 0 Å². The molecule has 648 valence electrons. The fraction of sp³-hybridized carbons (Fsp3) is 0. The SMILES string of the molecule is c1ccc2c(c1)nc1c3c(ccc4sc5ccccc5c43)c3cc4c(cc3n21)oc1ccccc14.c1ccc2c(c1)nc1c3c(ccc4sc5ccccc5c43)c3cc4oc5ccccc5c4cc3n21.c1ccc2c(c1)nc1c3cc4c(cc3c3cc5c(cc3n21)oc1ccccc15)sc1ccccc14.c1ccc2c(c1)nc1c3ccc4c5ccccc5sc4c3c3ccc4oc5ccccc5c4c3n21. The molecule has 16 aromatic heterocycles. The fourth-order valence-corrected chi connectivity index (χ4v) is 28.1. The van der Waals surface area contributed by atoms with Crippen LogP contribution in [0.2, 0.25) is 0 Å². The molecular weight excluding hydrogens is 1790 g/mol. The molecule has 20 aromatic carbocycles. The molecule has 16 heterocycles. The van der Waals surface area contributed by atoms with Gasteiger partial charge in [0.2, 0.25) is 0 Å². The molecule has 0 atom stereocenters. The summed E-state index contributed by atoms with van der Waals surface area (Å²) in [5.41, 5.74) is 24.3. The van der Waals surface area contributed by atoms with Crippen LogP contribution in [0.1, 0.15) is 0 Å². The molecule has 0 saturated carbocycles. The number of nitrogens with zero attached hydrogens (tertiary/aromatic N) is 8. The maximum atomic E-state index is 6.31. The van der Waals surface area contributed by atoms with Crippen molar-refractivity contribution in [1.29, 1.82) is 0 Å². The highest BCUT2D eigenvalue weighted by atomic mass is 32.1. The predicted molar refractivity (Wildman–Crippen MR) is 592 cm³/mol. The Balaban J connectivity index is 0.0000000829. The minimum Gasteiger partial charge on any atom is -0.456 e. The number of hydrogen-bond donors (Lipinski definition) is 0. The average molecular weight is 1860 g/mol. The van der Waals surface area contributed by atoms with E-state index in [1.54, 1.807) is 0 Å². The Hall–Kier alpha value is -17.6. The number of pyridine rings is 4. The van der Waals surface area contributed by atoms with Gasteiger partial charge in [-0.3, -0.25) is 17.6 Å². The molecule has 0 aliphatic carbocycles. The summed E-state index contributed by atoms with van der Waals surface area (Å²) >= 11 is 7.43. The number of thiophene rings is 4. The van der Waals surface area contributed by atoms with Crippen LogP contribution in [0.15, 0.2) is 406 Å². The number of para-hydroxylation sites is 12. The van der Waals surface area contributed by atoms with Crippen LogP contribution in [-0.4, -0.2) is 37.5 Å². The Morgan fingerprint density at radius 3 is 1.06 bits per heavy atom. The summed E-state index contributed by atoms with van der Waals surface area (Å²) < 4.78 is 45.0. The lowest BCUT2D eigenvalue weighted by Crippen LogP contribution is -1.92. The van der Waals surface area contributed by atoms with Crippen molar-refractivity contribution in [3.8, 4) is 0 Å². The average Bonchev–Trinajstić information content (AvgIpc) is 1.54. The van der Waals surface area contributed by atoms with Gasteiger partial charge in [-0.15, -0.1) is 45.3 Å². The van der Waals surface area contributed by atoms with Crippen molar-refractivity contribution < 1.29 is 17.7 Å². The lowest BCUT2D eigenvalue weighted by molar-refractivity contribution is 0.669. The van der Waals surface area contributed by atoms with Crippen LogP contribution in [0, 0.1) is 0 Å². The second-order valence-electron chi connectivity index (χ2n) is 36.7. The minimum atomic E-state index is 0.902. The molecular formula is C124H64N8O4S4. The topological polar surface area (TPSA) is 122 Å². The van der Waals surface area contributed by atoms with Gasteiger partial charge in [-0.05, 0) is 180 Å². The third kappa shape index (κ3) is 10.4. The van der Waals surface area contributed by atoms with Crippen LogP contribution >= 0.6 is 45.3 Å². The Morgan fingerprint density at radius 1 is 0.157 bits per heavy atom. The smallest absolute Gasteiger partial charge is 0.147 e. The normalized spacial score (nSPS) is 12.6. The molecule has 12 nitrogen and oxygen atoms in total. The summed E-state index contributed by atoms with van der Waals surface area (Å²) in [5, 5.41) is 34.1. The number of rotatable bonds is 0. The lowest BCUT2D eigenvalue weighted by Gasteiger charge is -2.11. The third-order valence-corrected chi connectivity index (χ3v) is 34.0. The molecule has 36 rings (SSSR count). The van der Waals surface area contributed by atoms with Crippen molar-refractivity contribution >= 4 is 367 Å². The molecule has 0 unspecified atom stereocenters. The first-order chi connectivity index (χ1) is 69.4. The van der Waals surface area contributed by atoms with Crippen molar-refractivity contribution in [2.45, 2.75) is 0 Å². The molecule has 140 heavy (non-hydrogen) atoms. The first kappa shape index (κ1) is 75.6. The van der Waals surface area contributed by atoms with Gasteiger partial charge in [0.25, 0.3) is 0 Å². The zero-order chi connectivity index (χ0) is 90.7. The summed E-state index contributed by atoms with van der Waals surface area (Å²) in [7, 11) is 0. The molecule has 0 aliphatic rings. The monoisotopic (exact) mass is 1860 g/mol. The van der Waals surface area contributed by atoms with Crippen molar-refractivity contribution in [2.75, 3.05) is 0 Å². The zero-order valence-electron chi connectivity index (χ0n) is 73.8. The van der Waals surface area contributed by atoms with E-state index in [2.05, 4.69) is 363 Å². The molecule has 0 aliphatic heterocycles. The molecule has 0 amide bonds. The number of hydrogen-bond acceptors (Lipinski definition) is 12. The summed E-state index contributed by atoms with van der Waals surface area (Å²) in [5.74, 6) is 0. The van der Waals surface area contributed by atoms with Crippen molar-refractivity contribution in [3.05, 3.63) is 388 Å². The Kier molecular flexibility index (Phi) is 15.2. The largest absolute Gasteiger partial charge is 0.456 e. The van der Waals surface area contributed by atoms with E-state index >= 15 is 0 Å². The van der Waals surface area contributed by atoms with Crippen LogP contribution in [-0.2, 0) is 0 Å². The van der Waals surface area contributed by atoms with Crippen molar-refractivity contribution in [2.24, 2.45) is 0 Å². The standard InChI is InChI=1S/4C31H16N2OS/c1-5-11-24-19(8-1)28-25(34-24)16-15-20-27-21(14-13-18-17-7-2-6-12-26(17)35-30(18)27)31-32-22-9-3-4-10-23(22)33(31)29(20)28;1-5-11-27-17(7-1)21-13-20-19-15-30-22(18-8-2-6-12-29(18)35-30)14-23(19)31-32-24-9-3-4-10-25(24)33(31)26(20)16-28(21)34-27;1-5-11-25-17(7-1)21-15-24-20(16-26(21)34-25)18-13-14-28-29(19-8-2-6-12-27(19)35-28)30(18)31-32-22-9-3-4-10-23(22)33(24)31;1-5-11-25-17(7-1)21-15-20-18-13-14-28-29(19-8-2-6-12-27(19)35-28)30(18)31-32-22-9-3-4-10-23(22)33(31)24(20)16-26(21)34-25/h4*1-16H. The zero-order valence-corrected chi connectivity index (χ0v) is 77.1. The van der Waals surface area contributed by atoms with E-state index in [9.17, 15) is 0 Å². The van der Waals surface area contributed by atoms with Gasteiger partial charge in [0.1, 0.15) is 67.3 Å². The molecule has 0 radical (unpaired) electrons. The number of furan rings is 4. The van der Waals surface area contributed by atoms with Gasteiger partial charge in [-0.2, -0.15) is 0 Å². The van der Waals surface area contributed by atoms with E-state index in [0.717, 1.165) is 177 Å². The summed E-state index contributed by atoms with van der Waals surface area (Å²) in [6.07, 6.45) is 0. The first-order valence-electron chi connectivity index (χ1n) is 46.9. The first-order valence-corrected chi connectivity index (χ1v) is 50.2. The number of imidazole rings is 4. The van der Waals surface area contributed by atoms with Gasteiger partial charge in [0, 0.05) is 179 Å². The van der Waals surface area contributed by atoms with Crippen LogP contribution in [0.4, 0.5) is 0 Å². The van der Waals surface area contributed by atoms with Crippen LogP contribution < -0.4 is 0 Å². The van der Waals surface area contributed by atoms with Gasteiger partial charge in [-0.25, -0.2) is 19.9 Å². The van der Waals surface area contributed by atoms with E-state index in [4.69, 9.17) is 37.6 Å². The highest BCUT2D eigenvalue weighted by Crippen LogP contribution is 2.52. The van der Waals surface area contributed by atoms with Gasteiger partial charge in [0.05, 0.1) is 71.6 Å². The van der Waals surface area contributed by atoms with Crippen LogP contribution in [0.25, 0.3) is 322 Å².